The molecule has 38 heavy (non-hydrogen) atoms. The lowest BCUT2D eigenvalue weighted by molar-refractivity contribution is 0.0953. The fraction of sp³-hybridized carbons (Fsp3) is 0.133. The van der Waals surface area contributed by atoms with Gasteiger partial charge in [0.1, 0.15) is 23.1 Å². The summed E-state index contributed by atoms with van der Waals surface area (Å²) < 4.78 is 24.5. The van der Waals surface area contributed by atoms with Crippen molar-refractivity contribution < 1.29 is 23.5 Å². The van der Waals surface area contributed by atoms with Crippen LogP contribution in [0.25, 0.3) is 0 Å². The number of nitrogens with zero attached hydrogens (tertiary/aromatic N) is 1. The van der Waals surface area contributed by atoms with Crippen molar-refractivity contribution in [3.05, 3.63) is 115 Å². The van der Waals surface area contributed by atoms with E-state index in [1.807, 2.05) is 30.3 Å². The van der Waals surface area contributed by atoms with Crippen molar-refractivity contribution in [3.8, 4) is 17.2 Å². The van der Waals surface area contributed by atoms with Crippen LogP contribution in [-0.2, 0) is 0 Å². The monoisotopic (exact) mass is 513 g/mol. The second-order valence-electron chi connectivity index (χ2n) is 8.34. The van der Waals surface area contributed by atoms with Gasteiger partial charge in [0.25, 0.3) is 5.91 Å². The van der Waals surface area contributed by atoms with Crippen molar-refractivity contribution in [3.63, 3.8) is 0 Å². The molecule has 0 fully saturated rings. The number of amides is 3. The Hall–Kier alpha value is -4.85. The zero-order valence-corrected chi connectivity index (χ0v) is 20.9. The molecule has 0 radical (unpaired) electrons. The van der Waals surface area contributed by atoms with E-state index in [-0.39, 0.29) is 17.5 Å². The van der Waals surface area contributed by atoms with Crippen LogP contribution in [0.5, 0.6) is 17.2 Å². The second kappa shape index (κ2) is 12.9. The van der Waals surface area contributed by atoms with Gasteiger partial charge in [-0.25, -0.2) is 9.18 Å². The van der Waals surface area contributed by atoms with Crippen molar-refractivity contribution in [2.24, 2.45) is 0 Å². The van der Waals surface area contributed by atoms with Crippen LogP contribution in [0.2, 0.25) is 0 Å². The average Bonchev–Trinajstić information content (AvgIpc) is 2.94. The fourth-order valence-electron chi connectivity index (χ4n) is 3.70. The molecule has 0 atom stereocenters. The Morgan fingerprint density at radius 2 is 1.50 bits per heavy atom. The molecule has 2 N–H and O–H groups in total. The number of ether oxygens (including phenoxy) is 2. The van der Waals surface area contributed by atoms with Gasteiger partial charge in [-0.2, -0.15) is 0 Å². The number of carbonyl (C=O) groups is 2. The molecule has 4 rings (SSSR count). The van der Waals surface area contributed by atoms with E-state index in [4.69, 9.17) is 9.47 Å². The highest BCUT2D eigenvalue weighted by Gasteiger charge is 2.17. The third-order valence-corrected chi connectivity index (χ3v) is 5.64. The molecular formula is C30H28FN3O4. The molecule has 0 aromatic heterocycles. The number of para-hydroxylation sites is 1. The number of carbonyl (C=O) groups excluding carboxylic acids is 2. The van der Waals surface area contributed by atoms with Crippen LogP contribution in [0.1, 0.15) is 16.8 Å². The van der Waals surface area contributed by atoms with Gasteiger partial charge in [0.05, 0.1) is 7.11 Å². The van der Waals surface area contributed by atoms with Crippen molar-refractivity contribution >= 4 is 23.3 Å². The summed E-state index contributed by atoms with van der Waals surface area (Å²) in [6.45, 7) is 0.626. The summed E-state index contributed by atoms with van der Waals surface area (Å²) in [7, 11) is 1.58. The van der Waals surface area contributed by atoms with Gasteiger partial charge < -0.3 is 20.1 Å². The first kappa shape index (κ1) is 26.2. The van der Waals surface area contributed by atoms with Crippen LogP contribution in [0.4, 0.5) is 20.6 Å². The maximum atomic E-state index is 13.4. The Bertz CT molecular complexity index is 1350. The van der Waals surface area contributed by atoms with Gasteiger partial charge in [-0.15, -0.1) is 0 Å². The standard InChI is InChI=1S/C30H28FN3O4/c1-37-26-15-11-24(12-16-26)33-30(36)34(20-6-19-32-29(35)22-7-5-8-23(31)21-22)25-13-17-28(18-14-25)38-27-9-3-2-4-10-27/h2-5,7-18,21H,6,19-20H2,1H3,(H,32,35)(H,33,36). The molecule has 0 heterocycles. The van der Waals surface area contributed by atoms with E-state index in [2.05, 4.69) is 10.6 Å². The topological polar surface area (TPSA) is 79.9 Å². The van der Waals surface area contributed by atoms with E-state index in [0.29, 0.717) is 48.1 Å². The van der Waals surface area contributed by atoms with E-state index >= 15 is 0 Å². The largest absolute Gasteiger partial charge is 0.497 e. The van der Waals surface area contributed by atoms with Gasteiger partial charge in [0.2, 0.25) is 0 Å². The van der Waals surface area contributed by atoms with Gasteiger partial charge in [-0.1, -0.05) is 24.3 Å². The summed E-state index contributed by atoms with van der Waals surface area (Å²) in [5, 5.41) is 5.67. The lowest BCUT2D eigenvalue weighted by Crippen LogP contribution is -2.37. The molecule has 0 saturated heterocycles. The first-order valence-corrected chi connectivity index (χ1v) is 12.1. The third-order valence-electron chi connectivity index (χ3n) is 5.64. The Morgan fingerprint density at radius 1 is 0.816 bits per heavy atom. The molecule has 0 aliphatic carbocycles. The van der Waals surface area contributed by atoms with Crippen LogP contribution in [0.15, 0.2) is 103 Å². The van der Waals surface area contributed by atoms with E-state index in [1.165, 1.54) is 18.2 Å². The average molecular weight is 514 g/mol. The summed E-state index contributed by atoms with van der Waals surface area (Å²) in [6.07, 6.45) is 0.472. The number of anilines is 2. The summed E-state index contributed by atoms with van der Waals surface area (Å²) >= 11 is 0. The first-order valence-electron chi connectivity index (χ1n) is 12.1. The summed E-state index contributed by atoms with van der Waals surface area (Å²) in [6, 6.07) is 28.8. The summed E-state index contributed by atoms with van der Waals surface area (Å²) in [5.74, 6) is 1.18. The van der Waals surface area contributed by atoms with Gasteiger partial charge in [0, 0.05) is 30.0 Å². The number of hydrogen-bond acceptors (Lipinski definition) is 4. The van der Waals surface area contributed by atoms with E-state index in [9.17, 15) is 14.0 Å². The molecule has 0 spiro atoms. The highest BCUT2D eigenvalue weighted by atomic mass is 19.1. The molecule has 4 aromatic rings. The Balaban J connectivity index is 1.42. The number of benzene rings is 4. The minimum absolute atomic E-state index is 0.244. The number of nitrogens with one attached hydrogen (secondary N) is 2. The highest BCUT2D eigenvalue weighted by molar-refractivity contribution is 6.01. The number of rotatable bonds is 10. The quantitative estimate of drug-likeness (QED) is 0.238. The van der Waals surface area contributed by atoms with Crippen molar-refractivity contribution in [2.75, 3.05) is 30.4 Å². The van der Waals surface area contributed by atoms with Crippen LogP contribution in [0, 0.1) is 5.82 Å². The molecule has 0 bridgehead atoms. The van der Waals surface area contributed by atoms with E-state index in [1.54, 1.807) is 66.6 Å². The summed E-state index contributed by atoms with van der Waals surface area (Å²) in [5.41, 5.74) is 1.52. The van der Waals surface area contributed by atoms with Crippen LogP contribution >= 0.6 is 0 Å². The molecule has 7 nitrogen and oxygen atoms in total. The normalized spacial score (nSPS) is 10.4. The molecule has 0 aliphatic heterocycles. The van der Waals surface area contributed by atoms with Crippen molar-refractivity contribution in [2.45, 2.75) is 6.42 Å². The highest BCUT2D eigenvalue weighted by Crippen LogP contribution is 2.25. The minimum atomic E-state index is -0.473. The van der Waals surface area contributed by atoms with Crippen LogP contribution in [0.3, 0.4) is 0 Å². The predicted molar refractivity (Wildman–Crippen MR) is 146 cm³/mol. The third kappa shape index (κ3) is 7.33. The smallest absolute Gasteiger partial charge is 0.326 e. The number of hydrogen-bond donors (Lipinski definition) is 2. The minimum Gasteiger partial charge on any atom is -0.497 e. The van der Waals surface area contributed by atoms with Crippen molar-refractivity contribution in [1.82, 2.24) is 5.32 Å². The number of urea groups is 1. The van der Waals surface area contributed by atoms with Gasteiger partial charge >= 0.3 is 6.03 Å². The van der Waals surface area contributed by atoms with Crippen LogP contribution < -0.4 is 25.0 Å². The Kier molecular flexibility index (Phi) is 8.91. The van der Waals surface area contributed by atoms with Crippen molar-refractivity contribution in [1.29, 1.82) is 0 Å². The molecular weight excluding hydrogens is 485 g/mol. The number of methoxy groups -OCH3 is 1. The number of halogens is 1. The maximum Gasteiger partial charge on any atom is 0.326 e. The van der Waals surface area contributed by atoms with Gasteiger partial charge in [0.15, 0.2) is 0 Å². The second-order valence-corrected chi connectivity index (χ2v) is 8.34. The van der Waals surface area contributed by atoms with Gasteiger partial charge in [-0.05, 0) is 85.3 Å². The van der Waals surface area contributed by atoms with Crippen LogP contribution in [-0.4, -0.2) is 32.1 Å². The molecule has 194 valence electrons. The predicted octanol–water partition coefficient (Wildman–Crippen LogP) is 6.49. The van der Waals surface area contributed by atoms with E-state index < -0.39 is 5.82 Å². The summed E-state index contributed by atoms with van der Waals surface area (Å²) in [4.78, 5) is 27.2. The van der Waals surface area contributed by atoms with E-state index in [0.717, 1.165) is 0 Å². The SMILES string of the molecule is COc1ccc(NC(=O)N(CCCNC(=O)c2cccc(F)c2)c2ccc(Oc3ccccc3)cc2)cc1. The fourth-order valence-corrected chi connectivity index (χ4v) is 3.70. The molecule has 8 heteroatoms. The molecule has 4 aromatic carbocycles. The first-order chi connectivity index (χ1) is 18.5. The Labute approximate surface area is 220 Å². The molecule has 0 unspecified atom stereocenters. The Morgan fingerprint density at radius 3 is 2.18 bits per heavy atom. The maximum absolute atomic E-state index is 13.4. The van der Waals surface area contributed by atoms with Gasteiger partial charge in [-0.3, -0.25) is 9.69 Å². The zero-order valence-electron chi connectivity index (χ0n) is 20.9. The molecule has 0 saturated carbocycles. The lowest BCUT2D eigenvalue weighted by atomic mass is 10.2. The lowest BCUT2D eigenvalue weighted by Gasteiger charge is -2.24. The molecule has 0 aliphatic rings. The molecule has 3 amide bonds. The zero-order chi connectivity index (χ0) is 26.7.